The summed E-state index contributed by atoms with van der Waals surface area (Å²) in [5.41, 5.74) is 1.11. The number of hydrogen-bond donors (Lipinski definition) is 1. The summed E-state index contributed by atoms with van der Waals surface area (Å²) in [6, 6.07) is 11.6. The van der Waals surface area contributed by atoms with Gasteiger partial charge in [0.1, 0.15) is 0 Å². The molecule has 1 saturated heterocycles. The Labute approximate surface area is 173 Å². The van der Waals surface area contributed by atoms with Gasteiger partial charge in [-0.25, -0.2) is 0 Å². The molecule has 1 amide bonds. The Kier molecular flexibility index (Phi) is 6.72. The fourth-order valence-corrected chi connectivity index (χ4v) is 3.43. The van der Waals surface area contributed by atoms with Gasteiger partial charge in [0.15, 0.2) is 0 Å². The number of non-ortho nitro benzene ring substituents is 1. The van der Waals surface area contributed by atoms with E-state index in [0.717, 1.165) is 36.9 Å². The van der Waals surface area contributed by atoms with Crippen molar-refractivity contribution in [2.75, 3.05) is 44.2 Å². The van der Waals surface area contributed by atoms with Crippen LogP contribution in [0.3, 0.4) is 0 Å². The van der Waals surface area contributed by atoms with Crippen molar-refractivity contribution in [2.24, 2.45) is 0 Å². The number of carbonyl (C=O) groups excluding carboxylic acids is 1. The maximum Gasteiger partial charge on any atom is 0.270 e. The maximum atomic E-state index is 12.3. The van der Waals surface area contributed by atoms with Crippen LogP contribution >= 0.6 is 23.2 Å². The SMILES string of the molecule is O=C(NCCN1CCN(c2ccc(Cl)cc2)CC1)c1cc([N+](=O)[O-])ccc1Cl. The number of nitrogens with zero attached hydrogens (tertiary/aromatic N) is 3. The molecule has 0 aliphatic carbocycles. The number of halogens is 2. The van der Waals surface area contributed by atoms with Crippen molar-refractivity contribution >= 4 is 40.5 Å². The minimum atomic E-state index is -0.548. The first kappa shape index (κ1) is 20.4. The highest BCUT2D eigenvalue weighted by atomic mass is 35.5. The summed E-state index contributed by atoms with van der Waals surface area (Å²) in [6.07, 6.45) is 0. The number of amides is 1. The zero-order valence-electron chi connectivity index (χ0n) is 15.1. The summed E-state index contributed by atoms with van der Waals surface area (Å²) in [5.74, 6) is -0.409. The van der Waals surface area contributed by atoms with Gasteiger partial charge < -0.3 is 10.2 Å². The fraction of sp³-hybridized carbons (Fsp3) is 0.316. The molecule has 2 aromatic carbocycles. The van der Waals surface area contributed by atoms with Crippen LogP contribution in [0.5, 0.6) is 0 Å². The Bertz CT molecular complexity index is 853. The standard InChI is InChI=1S/C19H20Cl2N4O3/c20-14-1-3-15(4-2-14)24-11-9-23(10-12-24)8-7-22-19(26)17-13-16(25(27)28)5-6-18(17)21/h1-6,13H,7-12H2,(H,22,26). The third-order valence-electron chi connectivity index (χ3n) is 4.68. The van der Waals surface area contributed by atoms with E-state index in [1.54, 1.807) is 0 Å². The van der Waals surface area contributed by atoms with Crippen LogP contribution in [0.4, 0.5) is 11.4 Å². The zero-order valence-corrected chi connectivity index (χ0v) is 16.6. The topological polar surface area (TPSA) is 78.7 Å². The van der Waals surface area contributed by atoms with Crippen molar-refractivity contribution in [2.45, 2.75) is 0 Å². The molecule has 1 aliphatic heterocycles. The number of anilines is 1. The summed E-state index contributed by atoms with van der Waals surface area (Å²) in [5, 5.41) is 14.6. The zero-order chi connectivity index (χ0) is 20.1. The number of hydrogen-bond acceptors (Lipinski definition) is 5. The van der Waals surface area contributed by atoms with E-state index in [1.807, 2.05) is 24.3 Å². The molecule has 1 heterocycles. The average molecular weight is 423 g/mol. The number of nitro benzene ring substituents is 1. The van der Waals surface area contributed by atoms with Crippen molar-refractivity contribution in [1.29, 1.82) is 0 Å². The molecule has 3 rings (SSSR count). The number of rotatable bonds is 6. The fourth-order valence-electron chi connectivity index (χ4n) is 3.11. The van der Waals surface area contributed by atoms with E-state index >= 15 is 0 Å². The first-order valence-corrected chi connectivity index (χ1v) is 9.64. The maximum absolute atomic E-state index is 12.3. The minimum absolute atomic E-state index is 0.114. The van der Waals surface area contributed by atoms with Gasteiger partial charge in [-0.05, 0) is 30.3 Å². The Morgan fingerprint density at radius 2 is 1.75 bits per heavy atom. The molecule has 0 spiro atoms. The molecule has 7 nitrogen and oxygen atoms in total. The monoisotopic (exact) mass is 422 g/mol. The molecule has 0 aromatic heterocycles. The van der Waals surface area contributed by atoms with Crippen molar-refractivity contribution in [1.82, 2.24) is 10.2 Å². The highest BCUT2D eigenvalue weighted by Gasteiger charge is 2.18. The molecular weight excluding hydrogens is 403 g/mol. The molecule has 148 valence electrons. The first-order valence-electron chi connectivity index (χ1n) is 8.89. The molecule has 0 bridgehead atoms. The van der Waals surface area contributed by atoms with E-state index in [9.17, 15) is 14.9 Å². The number of benzene rings is 2. The van der Waals surface area contributed by atoms with Crippen molar-refractivity contribution in [3.63, 3.8) is 0 Å². The predicted octanol–water partition coefficient (Wildman–Crippen LogP) is 3.45. The molecule has 0 unspecified atom stereocenters. The van der Waals surface area contributed by atoms with E-state index in [1.165, 1.54) is 18.2 Å². The third-order valence-corrected chi connectivity index (χ3v) is 5.26. The lowest BCUT2D eigenvalue weighted by Gasteiger charge is -2.36. The number of piperazine rings is 1. The van der Waals surface area contributed by atoms with E-state index in [0.29, 0.717) is 13.1 Å². The molecule has 9 heteroatoms. The summed E-state index contributed by atoms with van der Waals surface area (Å²) in [4.78, 5) is 27.2. The minimum Gasteiger partial charge on any atom is -0.369 e. The van der Waals surface area contributed by atoms with Crippen LogP contribution in [0.1, 0.15) is 10.4 Å². The first-order chi connectivity index (χ1) is 13.4. The lowest BCUT2D eigenvalue weighted by atomic mass is 10.2. The molecule has 0 saturated carbocycles. The van der Waals surface area contributed by atoms with Gasteiger partial charge in [-0.2, -0.15) is 0 Å². The van der Waals surface area contributed by atoms with Gasteiger partial charge in [0, 0.05) is 62.1 Å². The highest BCUT2D eigenvalue weighted by molar-refractivity contribution is 6.34. The number of nitrogens with one attached hydrogen (secondary N) is 1. The van der Waals surface area contributed by atoms with Crippen LogP contribution in [0, 0.1) is 10.1 Å². The van der Waals surface area contributed by atoms with E-state index in [4.69, 9.17) is 23.2 Å². The second kappa shape index (κ2) is 9.23. The number of nitro groups is 1. The van der Waals surface area contributed by atoms with Crippen LogP contribution in [0.2, 0.25) is 10.0 Å². The van der Waals surface area contributed by atoms with Crippen LogP contribution in [-0.4, -0.2) is 55.0 Å². The van der Waals surface area contributed by atoms with Crippen LogP contribution in [0.15, 0.2) is 42.5 Å². The molecule has 1 N–H and O–H groups in total. The summed E-state index contributed by atoms with van der Waals surface area (Å²) >= 11 is 11.9. The van der Waals surface area contributed by atoms with Crippen molar-refractivity contribution in [3.05, 3.63) is 68.2 Å². The Hall–Kier alpha value is -2.35. The lowest BCUT2D eigenvalue weighted by Crippen LogP contribution is -2.48. The van der Waals surface area contributed by atoms with Gasteiger partial charge in [-0.1, -0.05) is 23.2 Å². The summed E-state index contributed by atoms with van der Waals surface area (Å²) < 4.78 is 0. The van der Waals surface area contributed by atoms with Gasteiger partial charge in [0.25, 0.3) is 11.6 Å². The largest absolute Gasteiger partial charge is 0.369 e. The number of carbonyl (C=O) groups is 1. The summed E-state index contributed by atoms with van der Waals surface area (Å²) in [6.45, 7) is 4.70. The molecular formula is C19H20Cl2N4O3. The molecule has 0 radical (unpaired) electrons. The Morgan fingerprint density at radius 1 is 1.07 bits per heavy atom. The van der Waals surface area contributed by atoms with Crippen molar-refractivity contribution in [3.8, 4) is 0 Å². The van der Waals surface area contributed by atoms with Gasteiger partial charge in [-0.15, -0.1) is 0 Å². The highest BCUT2D eigenvalue weighted by Crippen LogP contribution is 2.22. The molecule has 1 aliphatic rings. The lowest BCUT2D eigenvalue weighted by molar-refractivity contribution is -0.384. The second-order valence-corrected chi connectivity index (χ2v) is 7.33. The molecule has 0 atom stereocenters. The normalized spacial score (nSPS) is 14.7. The predicted molar refractivity (Wildman–Crippen MR) is 111 cm³/mol. The van der Waals surface area contributed by atoms with Gasteiger partial charge >= 0.3 is 0 Å². The van der Waals surface area contributed by atoms with E-state index < -0.39 is 10.8 Å². The van der Waals surface area contributed by atoms with E-state index in [-0.39, 0.29) is 16.3 Å². The molecule has 1 fully saturated rings. The smallest absolute Gasteiger partial charge is 0.270 e. The van der Waals surface area contributed by atoms with Gasteiger partial charge in [0.05, 0.1) is 15.5 Å². The second-order valence-electron chi connectivity index (χ2n) is 6.48. The van der Waals surface area contributed by atoms with Crippen molar-refractivity contribution < 1.29 is 9.72 Å². The molecule has 28 heavy (non-hydrogen) atoms. The van der Waals surface area contributed by atoms with Crippen LogP contribution < -0.4 is 10.2 Å². The summed E-state index contributed by atoms with van der Waals surface area (Å²) in [7, 11) is 0. The van der Waals surface area contributed by atoms with Gasteiger partial charge in [0.2, 0.25) is 0 Å². The Balaban J connectivity index is 1.46. The van der Waals surface area contributed by atoms with Gasteiger partial charge in [-0.3, -0.25) is 19.8 Å². The quantitative estimate of drug-likeness (QED) is 0.569. The van der Waals surface area contributed by atoms with E-state index in [2.05, 4.69) is 15.1 Å². The molecule has 2 aromatic rings. The average Bonchev–Trinajstić information content (AvgIpc) is 2.69. The van der Waals surface area contributed by atoms with Crippen LogP contribution in [-0.2, 0) is 0 Å². The third kappa shape index (κ3) is 5.13. The van der Waals surface area contributed by atoms with Crippen LogP contribution in [0.25, 0.3) is 0 Å². The Morgan fingerprint density at radius 3 is 2.39 bits per heavy atom.